The Kier molecular flexibility index (Phi) is 7.12. The molecule has 4 nitrogen and oxygen atoms in total. The molecule has 4 aromatic carbocycles. The fourth-order valence-electron chi connectivity index (χ4n) is 5.30. The molecule has 0 aliphatic rings. The number of aryl methyl sites for hydroxylation is 1. The Balaban J connectivity index is 0.00000289. The molecule has 0 saturated carbocycles. The molecule has 3 aromatic heterocycles. The van der Waals surface area contributed by atoms with Gasteiger partial charge in [-0.15, -0.1) is 34.2 Å². The Bertz CT molecular complexity index is 2000. The van der Waals surface area contributed by atoms with E-state index in [1.165, 1.54) is 21.9 Å². The molecule has 0 unspecified atom stereocenters. The average Bonchev–Trinajstić information content (AvgIpc) is 3.48. The standard InChI is InChI=1S/C34H27N4S.Pt/c1-23(2)24-17-18-35-34(19-24)38-30-12-5-4-11-28(30)29-16-15-27(21-33(29)38)39-26-10-8-9-25(20-26)37-22-36(3)31-13-6-7-14-32(31)37;/h4-19,22-23H,1-3H3;/q-1;. The summed E-state index contributed by atoms with van der Waals surface area (Å²) in [6.45, 7) is 4.43. The molecule has 0 saturated heterocycles. The summed E-state index contributed by atoms with van der Waals surface area (Å²) in [5.41, 5.74) is 6.81. The molecule has 3 heterocycles. The topological polar surface area (TPSA) is 27.7 Å². The van der Waals surface area contributed by atoms with Gasteiger partial charge in [0.05, 0.1) is 0 Å². The zero-order valence-electron chi connectivity index (χ0n) is 22.4. The molecule has 0 bridgehead atoms. The van der Waals surface area contributed by atoms with Crippen LogP contribution in [0.4, 0.5) is 0 Å². The molecule has 0 amide bonds. The van der Waals surface area contributed by atoms with Gasteiger partial charge < -0.3 is 4.57 Å². The second-order valence-electron chi connectivity index (χ2n) is 10.1. The van der Waals surface area contributed by atoms with E-state index in [2.05, 4.69) is 144 Å². The summed E-state index contributed by atoms with van der Waals surface area (Å²) < 4.78 is 6.58. The van der Waals surface area contributed by atoms with Crippen LogP contribution in [0.15, 0.2) is 113 Å². The van der Waals surface area contributed by atoms with Gasteiger partial charge in [0.2, 0.25) is 0 Å². The minimum absolute atomic E-state index is 0. The van der Waals surface area contributed by atoms with Crippen LogP contribution in [0, 0.1) is 12.1 Å². The quantitative estimate of drug-likeness (QED) is 0.167. The summed E-state index contributed by atoms with van der Waals surface area (Å²) in [6, 6.07) is 39.3. The molecule has 0 aliphatic carbocycles. The Morgan fingerprint density at radius 3 is 2.35 bits per heavy atom. The predicted molar refractivity (Wildman–Crippen MR) is 161 cm³/mol. The number of imidazole rings is 1. The first-order valence-electron chi connectivity index (χ1n) is 13.1. The molecule has 200 valence electrons. The van der Waals surface area contributed by atoms with E-state index in [9.17, 15) is 0 Å². The van der Waals surface area contributed by atoms with Crippen molar-refractivity contribution >= 4 is 44.6 Å². The van der Waals surface area contributed by atoms with Crippen molar-refractivity contribution in [2.45, 2.75) is 29.6 Å². The maximum atomic E-state index is 4.78. The number of benzene rings is 4. The molecule has 0 fully saturated rings. The number of hydrogen-bond donors (Lipinski definition) is 0. The summed E-state index contributed by atoms with van der Waals surface area (Å²) >= 11 is 1.68. The van der Waals surface area contributed by atoms with Crippen LogP contribution in [0.2, 0.25) is 0 Å². The fraction of sp³-hybridized carbons (Fsp3) is 0.118. The summed E-state index contributed by atoms with van der Waals surface area (Å²) in [5.74, 6) is 1.35. The number of para-hydroxylation sites is 3. The van der Waals surface area contributed by atoms with Gasteiger partial charge in [0.1, 0.15) is 5.82 Å². The third kappa shape index (κ3) is 4.57. The number of aromatic nitrogens is 4. The molecule has 0 atom stereocenters. The van der Waals surface area contributed by atoms with Gasteiger partial charge in [-0.3, -0.25) is 0 Å². The third-order valence-corrected chi connectivity index (χ3v) is 8.18. The van der Waals surface area contributed by atoms with Crippen LogP contribution < -0.4 is 0 Å². The van der Waals surface area contributed by atoms with Crippen molar-refractivity contribution in [2.75, 3.05) is 0 Å². The van der Waals surface area contributed by atoms with Gasteiger partial charge in [-0.2, -0.15) is 24.3 Å². The van der Waals surface area contributed by atoms with E-state index in [4.69, 9.17) is 4.98 Å². The van der Waals surface area contributed by atoms with E-state index in [1.54, 1.807) is 11.8 Å². The Morgan fingerprint density at radius 2 is 1.52 bits per heavy atom. The van der Waals surface area contributed by atoms with Gasteiger partial charge in [0.15, 0.2) is 17.4 Å². The molecule has 6 heteroatoms. The molecular weight excluding hydrogens is 692 g/mol. The van der Waals surface area contributed by atoms with Crippen molar-refractivity contribution in [1.29, 1.82) is 0 Å². The van der Waals surface area contributed by atoms with E-state index in [0.717, 1.165) is 37.8 Å². The SMILES string of the molecule is CC(C)c1ccnc(-n2c3[c-]c(Sc4[c-]c(-n5[cH+]n(C)c6ccccc65)ccc4)ccc3c3ccccc32)c1.[Pt]. The molecule has 0 N–H and O–H groups in total. The predicted octanol–water partition coefficient (Wildman–Crippen LogP) is 8.61. The molecule has 0 radical (unpaired) electrons. The molecule has 7 aromatic rings. The number of pyridine rings is 1. The van der Waals surface area contributed by atoms with E-state index >= 15 is 0 Å². The van der Waals surface area contributed by atoms with Crippen molar-refractivity contribution in [3.05, 3.63) is 121 Å². The number of nitrogens with zero attached hydrogens (tertiary/aromatic N) is 4. The summed E-state index contributed by atoms with van der Waals surface area (Å²) in [7, 11) is 2.08. The average molecular weight is 719 g/mol. The summed E-state index contributed by atoms with van der Waals surface area (Å²) in [4.78, 5) is 6.87. The number of rotatable bonds is 5. The maximum absolute atomic E-state index is 4.78. The van der Waals surface area contributed by atoms with Crippen LogP contribution in [-0.2, 0) is 28.1 Å². The van der Waals surface area contributed by atoms with Crippen LogP contribution in [0.3, 0.4) is 0 Å². The van der Waals surface area contributed by atoms with Crippen molar-refractivity contribution < 1.29 is 21.1 Å². The van der Waals surface area contributed by atoms with Crippen LogP contribution in [-0.4, -0.2) is 18.7 Å². The fourth-order valence-corrected chi connectivity index (χ4v) is 6.12. The first kappa shape index (κ1) is 26.6. The van der Waals surface area contributed by atoms with Gasteiger partial charge in [-0.05, 0) is 47.2 Å². The number of hydrogen-bond acceptors (Lipinski definition) is 2. The second-order valence-corrected chi connectivity index (χ2v) is 11.2. The summed E-state index contributed by atoms with van der Waals surface area (Å²) in [6.07, 6.45) is 4.02. The van der Waals surface area contributed by atoms with E-state index in [0.29, 0.717) is 5.92 Å². The largest absolute Gasteiger partial charge is 0.319 e. The third-order valence-electron chi connectivity index (χ3n) is 7.26. The van der Waals surface area contributed by atoms with Crippen LogP contribution >= 0.6 is 11.8 Å². The van der Waals surface area contributed by atoms with Crippen LogP contribution in [0.1, 0.15) is 25.3 Å². The smallest absolute Gasteiger partial charge is 0.188 e. The minimum Gasteiger partial charge on any atom is -0.319 e. The molecule has 0 aliphatic heterocycles. The zero-order chi connectivity index (χ0) is 26.5. The Morgan fingerprint density at radius 1 is 0.775 bits per heavy atom. The normalized spacial score (nSPS) is 11.5. The van der Waals surface area contributed by atoms with Gasteiger partial charge in [0, 0.05) is 57.6 Å². The van der Waals surface area contributed by atoms with Crippen molar-refractivity contribution in [3.8, 4) is 11.5 Å². The molecule has 7 rings (SSSR count). The molecular formula is C34H27N4PtS-. The summed E-state index contributed by atoms with van der Waals surface area (Å²) in [5, 5.41) is 2.38. The molecule has 40 heavy (non-hydrogen) atoms. The first-order valence-corrected chi connectivity index (χ1v) is 14.0. The maximum Gasteiger partial charge on any atom is 0.188 e. The van der Waals surface area contributed by atoms with Gasteiger partial charge in [-0.25, -0.2) is 14.1 Å². The first-order chi connectivity index (χ1) is 19.1. The van der Waals surface area contributed by atoms with Crippen LogP contribution in [0.25, 0.3) is 44.3 Å². The van der Waals surface area contributed by atoms with E-state index < -0.39 is 0 Å². The zero-order valence-corrected chi connectivity index (χ0v) is 25.5. The van der Waals surface area contributed by atoms with Crippen LogP contribution in [0.5, 0.6) is 0 Å². The van der Waals surface area contributed by atoms with Crippen molar-refractivity contribution in [1.82, 2.24) is 18.7 Å². The Hall–Kier alpha value is -3.66. The van der Waals surface area contributed by atoms with Gasteiger partial charge in [0.25, 0.3) is 0 Å². The van der Waals surface area contributed by atoms with E-state index in [-0.39, 0.29) is 21.1 Å². The van der Waals surface area contributed by atoms with Crippen molar-refractivity contribution in [2.24, 2.45) is 7.05 Å². The monoisotopic (exact) mass is 718 g/mol. The van der Waals surface area contributed by atoms with E-state index in [1.807, 2.05) is 6.20 Å². The Labute approximate surface area is 252 Å². The van der Waals surface area contributed by atoms with Crippen molar-refractivity contribution in [3.63, 3.8) is 0 Å². The van der Waals surface area contributed by atoms with Gasteiger partial charge >= 0.3 is 0 Å². The molecule has 0 spiro atoms. The minimum atomic E-state index is 0. The second kappa shape index (κ2) is 10.7. The number of fused-ring (bicyclic) bond motifs is 4. The van der Waals surface area contributed by atoms with Gasteiger partial charge in [-0.1, -0.05) is 48.5 Å².